The van der Waals surface area contributed by atoms with E-state index >= 15 is 0 Å². The molecule has 1 aromatic carbocycles. The molecular weight excluding hydrogens is 203 g/mol. The summed E-state index contributed by atoms with van der Waals surface area (Å²) >= 11 is -2.97. The molecule has 13 heavy (non-hydrogen) atoms. The van der Waals surface area contributed by atoms with Crippen LogP contribution in [0, 0.1) is 0 Å². The van der Waals surface area contributed by atoms with Gasteiger partial charge in [-0.05, 0) is 0 Å². The molecule has 0 aliphatic rings. The molecule has 0 saturated carbocycles. The Morgan fingerprint density at radius 1 is 1.23 bits per heavy atom. The molecule has 6 heteroatoms. The third-order valence-electron chi connectivity index (χ3n) is 1.38. The van der Waals surface area contributed by atoms with Gasteiger partial charge in [-0.2, -0.15) is 0 Å². The molecule has 0 heterocycles. The molecule has 0 spiro atoms. The second kappa shape index (κ2) is 5.21. The molecule has 0 aromatic heterocycles. The van der Waals surface area contributed by atoms with Gasteiger partial charge in [-0.3, -0.25) is 4.21 Å². The normalized spacial score (nSPS) is 13.2. The molecule has 2 N–H and O–H groups in total. The largest absolute Gasteiger partial charge is 1.00 e. The fraction of sp³-hybridized carbons (Fsp3) is 0.143. The van der Waals surface area contributed by atoms with Crippen molar-refractivity contribution in [2.75, 3.05) is 0 Å². The predicted octanol–water partition coefficient (Wildman–Crippen LogP) is -3.34. The Hall–Kier alpha value is 0.250. The van der Waals surface area contributed by atoms with Gasteiger partial charge in [0, 0.05) is 16.6 Å². The standard InChI is InChI=1S/C7H8O4S.Na/c8-7(9,12(10)11)6-4-2-1-3-5-6;/h1-5,8-9H,(H,10,11);/q;+1/p-1. The average molecular weight is 210 g/mol. The van der Waals surface area contributed by atoms with Crippen LogP contribution < -0.4 is 29.6 Å². The van der Waals surface area contributed by atoms with Gasteiger partial charge in [0.1, 0.15) is 0 Å². The first-order chi connectivity index (χ1) is 5.55. The summed E-state index contributed by atoms with van der Waals surface area (Å²) < 4.78 is 20.6. The number of hydrogen-bond acceptors (Lipinski definition) is 4. The van der Waals surface area contributed by atoms with Crippen molar-refractivity contribution in [1.82, 2.24) is 0 Å². The van der Waals surface area contributed by atoms with Gasteiger partial charge in [0.15, 0.2) is 0 Å². The van der Waals surface area contributed by atoms with Gasteiger partial charge < -0.3 is 14.8 Å². The van der Waals surface area contributed by atoms with Crippen molar-refractivity contribution in [3.8, 4) is 0 Å². The molecule has 1 unspecified atom stereocenters. The number of aliphatic hydroxyl groups is 2. The van der Waals surface area contributed by atoms with E-state index < -0.39 is 16.2 Å². The second-order valence-corrected chi connectivity index (χ2v) is 3.25. The number of hydrogen-bond donors (Lipinski definition) is 2. The van der Waals surface area contributed by atoms with E-state index in [1.807, 2.05) is 0 Å². The van der Waals surface area contributed by atoms with Gasteiger partial charge >= 0.3 is 29.6 Å². The fourth-order valence-electron chi connectivity index (χ4n) is 0.751. The molecule has 1 atom stereocenters. The van der Waals surface area contributed by atoms with Crippen molar-refractivity contribution in [2.45, 2.75) is 5.12 Å². The Morgan fingerprint density at radius 3 is 2.08 bits per heavy atom. The van der Waals surface area contributed by atoms with E-state index in [1.165, 1.54) is 24.3 Å². The van der Waals surface area contributed by atoms with Crippen molar-refractivity contribution in [3.63, 3.8) is 0 Å². The van der Waals surface area contributed by atoms with Gasteiger partial charge in [0.2, 0.25) is 0 Å². The summed E-state index contributed by atoms with van der Waals surface area (Å²) in [5.74, 6) is 0. The quantitative estimate of drug-likeness (QED) is 0.304. The van der Waals surface area contributed by atoms with Crippen LogP contribution in [0.5, 0.6) is 0 Å². The SMILES string of the molecule is O=S([O-])C(O)(O)c1ccccc1.[Na+]. The summed E-state index contributed by atoms with van der Waals surface area (Å²) in [5.41, 5.74) is -0.0710. The Balaban J connectivity index is 0.00000144. The van der Waals surface area contributed by atoms with E-state index in [0.29, 0.717) is 0 Å². The molecule has 0 fully saturated rings. The van der Waals surface area contributed by atoms with Crippen molar-refractivity contribution in [2.24, 2.45) is 0 Å². The first-order valence-electron chi connectivity index (χ1n) is 3.15. The summed E-state index contributed by atoms with van der Waals surface area (Å²) in [6.45, 7) is 0. The first kappa shape index (κ1) is 13.2. The van der Waals surface area contributed by atoms with Crippen LogP contribution in [0.15, 0.2) is 30.3 Å². The van der Waals surface area contributed by atoms with Crippen LogP contribution in [0.25, 0.3) is 0 Å². The maximum absolute atomic E-state index is 10.3. The van der Waals surface area contributed by atoms with Crippen LogP contribution in [-0.2, 0) is 16.2 Å². The monoisotopic (exact) mass is 210 g/mol. The minimum absolute atomic E-state index is 0. The Labute approximate surface area is 100 Å². The van der Waals surface area contributed by atoms with Gasteiger partial charge in [-0.1, -0.05) is 30.3 Å². The second-order valence-electron chi connectivity index (χ2n) is 2.21. The molecule has 0 amide bonds. The minimum atomic E-state index is -2.97. The van der Waals surface area contributed by atoms with Crippen LogP contribution in [0.3, 0.4) is 0 Å². The molecule has 0 aliphatic heterocycles. The number of benzene rings is 1. The summed E-state index contributed by atoms with van der Waals surface area (Å²) in [4.78, 5) is 0. The fourth-order valence-corrected chi connectivity index (χ4v) is 1.08. The van der Waals surface area contributed by atoms with E-state index in [1.54, 1.807) is 6.07 Å². The van der Waals surface area contributed by atoms with E-state index in [4.69, 9.17) is 10.2 Å². The van der Waals surface area contributed by atoms with E-state index in [2.05, 4.69) is 0 Å². The Kier molecular flexibility index (Phi) is 5.31. The maximum atomic E-state index is 10.3. The molecule has 0 radical (unpaired) electrons. The molecule has 1 aromatic rings. The number of rotatable bonds is 2. The third-order valence-corrected chi connectivity index (χ3v) is 2.08. The van der Waals surface area contributed by atoms with E-state index in [0.717, 1.165) is 0 Å². The topological polar surface area (TPSA) is 80.6 Å². The molecule has 0 saturated heterocycles. The van der Waals surface area contributed by atoms with E-state index in [9.17, 15) is 8.76 Å². The third kappa shape index (κ3) is 3.14. The smallest absolute Gasteiger partial charge is 0.768 e. The van der Waals surface area contributed by atoms with Crippen LogP contribution in [-0.4, -0.2) is 19.0 Å². The first-order valence-corrected chi connectivity index (χ1v) is 4.22. The van der Waals surface area contributed by atoms with Gasteiger partial charge in [-0.25, -0.2) is 0 Å². The molecule has 1 rings (SSSR count). The predicted molar refractivity (Wildman–Crippen MR) is 41.5 cm³/mol. The van der Waals surface area contributed by atoms with Gasteiger partial charge in [0.25, 0.3) is 5.12 Å². The zero-order valence-corrected chi connectivity index (χ0v) is 9.82. The van der Waals surface area contributed by atoms with Gasteiger partial charge in [-0.15, -0.1) is 0 Å². The van der Waals surface area contributed by atoms with Crippen LogP contribution >= 0.6 is 0 Å². The van der Waals surface area contributed by atoms with E-state index in [-0.39, 0.29) is 35.1 Å². The van der Waals surface area contributed by atoms with Crippen LogP contribution in [0.2, 0.25) is 0 Å². The summed E-state index contributed by atoms with van der Waals surface area (Å²) in [5, 5.41) is 15.2. The molecular formula is C7H7NaO4S. The summed E-state index contributed by atoms with van der Waals surface area (Å²) in [7, 11) is 0. The van der Waals surface area contributed by atoms with Crippen LogP contribution in [0.4, 0.5) is 0 Å². The summed E-state index contributed by atoms with van der Waals surface area (Å²) in [6.07, 6.45) is 0. The van der Waals surface area contributed by atoms with Gasteiger partial charge in [0.05, 0.1) is 0 Å². The summed E-state index contributed by atoms with van der Waals surface area (Å²) in [6, 6.07) is 7.31. The molecule has 0 bridgehead atoms. The van der Waals surface area contributed by atoms with Crippen molar-refractivity contribution in [3.05, 3.63) is 35.9 Å². The minimum Gasteiger partial charge on any atom is -0.768 e. The van der Waals surface area contributed by atoms with Crippen molar-refractivity contribution < 1.29 is 48.5 Å². The Morgan fingerprint density at radius 2 is 1.69 bits per heavy atom. The van der Waals surface area contributed by atoms with Crippen molar-refractivity contribution >= 4 is 11.1 Å². The average Bonchev–Trinajstić information content (AvgIpc) is 2.06. The molecule has 0 aliphatic carbocycles. The Bertz CT molecular complexity index is 288. The maximum Gasteiger partial charge on any atom is 1.00 e. The van der Waals surface area contributed by atoms with Crippen LogP contribution in [0.1, 0.15) is 5.56 Å². The molecule has 66 valence electrons. The zero-order valence-electron chi connectivity index (χ0n) is 7.01. The zero-order chi connectivity index (χ0) is 9.19. The van der Waals surface area contributed by atoms with Crippen molar-refractivity contribution in [1.29, 1.82) is 0 Å². The molecule has 4 nitrogen and oxygen atoms in total.